The second-order valence-corrected chi connectivity index (χ2v) is 13.5. The van der Waals surface area contributed by atoms with E-state index in [1.165, 1.54) is 0 Å². The number of rotatable bonds is 0. The van der Waals surface area contributed by atoms with Gasteiger partial charge in [0.15, 0.2) is 11.6 Å². The SMILES string of the molecule is CC1(C)OC2C(O1)C1C3C4C5C6OC(C)(C)OC6C4C1(I)C5(I)C23. The van der Waals surface area contributed by atoms with Gasteiger partial charge in [0, 0.05) is 30.5 Å². The molecule has 0 aromatic heterocycles. The fraction of sp³-hybridized carbons (Fsp3) is 1.00. The zero-order valence-corrected chi connectivity index (χ0v) is 18.5. The molecule has 2 aliphatic heterocycles. The minimum atomic E-state index is -0.426. The van der Waals surface area contributed by atoms with Gasteiger partial charge in [-0.15, -0.1) is 0 Å². The summed E-state index contributed by atoms with van der Waals surface area (Å²) in [6.45, 7) is 8.31. The normalized spacial score (nSPS) is 73.8. The molecule has 24 heavy (non-hydrogen) atoms. The van der Waals surface area contributed by atoms with E-state index in [4.69, 9.17) is 18.9 Å². The first-order valence-electron chi connectivity index (χ1n) is 9.21. The zero-order chi connectivity index (χ0) is 16.6. The smallest absolute Gasteiger partial charge is 0.163 e. The summed E-state index contributed by atoms with van der Waals surface area (Å²) in [6, 6.07) is 0. The molecule has 8 fully saturated rings. The van der Waals surface area contributed by atoms with Crippen molar-refractivity contribution in [3.05, 3.63) is 0 Å². The standard InChI is InChI=1S/C18H22I2O4/c1-15(2)21-11-7-5-6-9-13-14(24-16(3,4)23-13)10(6)18(20,17(7,9)19)8(5)12(11)22-15/h5-14H,1-4H3. The monoisotopic (exact) mass is 556 g/mol. The number of alkyl halides is 2. The average Bonchev–Trinajstić information content (AvgIpc) is 3.17. The summed E-state index contributed by atoms with van der Waals surface area (Å²) in [5.41, 5.74) is 0. The Morgan fingerprint density at radius 1 is 0.542 bits per heavy atom. The van der Waals surface area contributed by atoms with E-state index in [-0.39, 0.29) is 31.3 Å². The second-order valence-electron chi connectivity index (χ2n) is 9.92. The molecule has 0 radical (unpaired) electrons. The van der Waals surface area contributed by atoms with Gasteiger partial charge in [-0.25, -0.2) is 0 Å². The molecular formula is C18H22I2O4. The Labute approximate surface area is 169 Å². The van der Waals surface area contributed by atoms with Crippen LogP contribution in [0.25, 0.3) is 0 Å². The van der Waals surface area contributed by atoms with E-state index in [0.29, 0.717) is 23.7 Å². The fourth-order valence-electron chi connectivity index (χ4n) is 8.57. The van der Waals surface area contributed by atoms with Crippen LogP contribution in [0, 0.1) is 35.5 Å². The Bertz CT molecular complexity index is 591. The maximum absolute atomic E-state index is 6.42. The van der Waals surface area contributed by atoms with Gasteiger partial charge in [-0.2, -0.15) is 0 Å². The van der Waals surface area contributed by atoms with Gasteiger partial charge in [-0.3, -0.25) is 0 Å². The van der Waals surface area contributed by atoms with E-state index in [0.717, 1.165) is 11.8 Å². The van der Waals surface area contributed by atoms with Gasteiger partial charge in [0.1, 0.15) is 0 Å². The molecule has 0 spiro atoms. The Balaban J connectivity index is 1.39. The molecule has 0 aromatic carbocycles. The highest BCUT2D eigenvalue weighted by atomic mass is 127. The van der Waals surface area contributed by atoms with Crippen LogP contribution in [0.4, 0.5) is 0 Å². The van der Waals surface area contributed by atoms with Crippen molar-refractivity contribution in [1.82, 2.24) is 0 Å². The molecule has 8 bridgehead atoms. The minimum Gasteiger partial charge on any atom is -0.344 e. The number of halogens is 2. The lowest BCUT2D eigenvalue weighted by molar-refractivity contribution is -0.163. The van der Waals surface area contributed by atoms with Crippen LogP contribution in [0.15, 0.2) is 0 Å². The van der Waals surface area contributed by atoms with Gasteiger partial charge in [-0.05, 0) is 39.5 Å². The molecule has 6 heteroatoms. The van der Waals surface area contributed by atoms with Crippen molar-refractivity contribution >= 4 is 45.2 Å². The molecule has 6 saturated carbocycles. The summed E-state index contributed by atoms with van der Waals surface area (Å²) in [5.74, 6) is 3.17. The summed E-state index contributed by atoms with van der Waals surface area (Å²) in [4.78, 5) is 0. The lowest BCUT2D eigenvalue weighted by Gasteiger charge is -2.54. The molecule has 2 saturated heterocycles. The van der Waals surface area contributed by atoms with E-state index < -0.39 is 11.6 Å². The third-order valence-electron chi connectivity index (χ3n) is 8.37. The molecule has 6 aliphatic carbocycles. The second kappa shape index (κ2) is 3.75. The molecule has 8 rings (SSSR count). The molecule has 8 unspecified atom stereocenters. The highest BCUT2D eigenvalue weighted by Gasteiger charge is 2.98. The van der Waals surface area contributed by atoms with Crippen LogP contribution in [0.3, 0.4) is 0 Å². The summed E-state index contributed by atoms with van der Waals surface area (Å²) in [5, 5.41) is 0. The molecule has 0 N–H and O–H groups in total. The summed E-state index contributed by atoms with van der Waals surface area (Å²) < 4.78 is 26.3. The van der Waals surface area contributed by atoms with E-state index in [1.54, 1.807) is 0 Å². The number of hydrogen-bond donors (Lipinski definition) is 0. The van der Waals surface area contributed by atoms with Gasteiger partial charge < -0.3 is 18.9 Å². The van der Waals surface area contributed by atoms with Gasteiger partial charge >= 0.3 is 0 Å². The van der Waals surface area contributed by atoms with Gasteiger partial charge in [0.25, 0.3) is 0 Å². The Morgan fingerprint density at radius 2 is 0.792 bits per heavy atom. The quantitative estimate of drug-likeness (QED) is 0.340. The molecule has 132 valence electrons. The molecule has 2 heterocycles. The van der Waals surface area contributed by atoms with Crippen molar-refractivity contribution in [2.24, 2.45) is 35.5 Å². The van der Waals surface area contributed by atoms with Crippen LogP contribution < -0.4 is 0 Å². The van der Waals surface area contributed by atoms with Crippen LogP contribution in [0.2, 0.25) is 0 Å². The predicted octanol–water partition coefficient (Wildman–Crippen LogP) is 3.14. The van der Waals surface area contributed by atoms with Crippen molar-refractivity contribution < 1.29 is 18.9 Å². The highest BCUT2D eigenvalue weighted by molar-refractivity contribution is 14.1. The first-order chi connectivity index (χ1) is 11.1. The average molecular weight is 556 g/mol. The van der Waals surface area contributed by atoms with Gasteiger partial charge in [0.05, 0.1) is 24.4 Å². The van der Waals surface area contributed by atoms with Crippen molar-refractivity contribution in [3.63, 3.8) is 0 Å². The van der Waals surface area contributed by atoms with Crippen LogP contribution in [-0.4, -0.2) is 42.8 Å². The number of hydrogen-bond acceptors (Lipinski definition) is 4. The first-order valence-corrected chi connectivity index (χ1v) is 11.4. The highest BCUT2D eigenvalue weighted by Crippen LogP contribution is 2.92. The Kier molecular flexibility index (Phi) is 2.38. The fourth-order valence-corrected chi connectivity index (χ4v) is 13.1. The topological polar surface area (TPSA) is 36.9 Å². The lowest BCUT2D eigenvalue weighted by atomic mass is 9.67. The molecular weight excluding hydrogens is 534 g/mol. The van der Waals surface area contributed by atoms with Crippen molar-refractivity contribution in [3.8, 4) is 0 Å². The van der Waals surface area contributed by atoms with E-state index in [9.17, 15) is 0 Å². The lowest BCUT2D eigenvalue weighted by Crippen LogP contribution is -2.65. The number of fused-ring (bicyclic) bond motifs is 2. The molecule has 8 aliphatic rings. The first kappa shape index (κ1) is 15.2. The van der Waals surface area contributed by atoms with Gasteiger partial charge in [-0.1, -0.05) is 45.2 Å². The largest absolute Gasteiger partial charge is 0.344 e. The maximum Gasteiger partial charge on any atom is 0.163 e. The van der Waals surface area contributed by atoms with Gasteiger partial charge in [0.2, 0.25) is 0 Å². The maximum atomic E-state index is 6.42. The molecule has 8 atom stereocenters. The van der Waals surface area contributed by atoms with Crippen LogP contribution in [0.1, 0.15) is 27.7 Å². The molecule has 0 amide bonds. The van der Waals surface area contributed by atoms with Crippen molar-refractivity contribution in [2.45, 2.75) is 70.5 Å². The summed E-state index contributed by atoms with van der Waals surface area (Å²) in [7, 11) is 0. The number of ether oxygens (including phenoxy) is 4. The summed E-state index contributed by atoms with van der Waals surface area (Å²) in [6.07, 6.45) is 1.15. The molecule has 0 aromatic rings. The Morgan fingerprint density at radius 3 is 1.04 bits per heavy atom. The Hall–Kier alpha value is 1.30. The summed E-state index contributed by atoms with van der Waals surface area (Å²) >= 11 is 5.68. The predicted molar refractivity (Wildman–Crippen MR) is 102 cm³/mol. The van der Waals surface area contributed by atoms with Crippen LogP contribution in [-0.2, 0) is 18.9 Å². The van der Waals surface area contributed by atoms with Crippen LogP contribution in [0.5, 0.6) is 0 Å². The minimum absolute atomic E-state index is 0.284. The van der Waals surface area contributed by atoms with Crippen molar-refractivity contribution in [1.29, 1.82) is 0 Å². The zero-order valence-electron chi connectivity index (χ0n) is 14.2. The molecule has 4 nitrogen and oxygen atoms in total. The van der Waals surface area contributed by atoms with E-state index >= 15 is 0 Å². The van der Waals surface area contributed by atoms with Crippen molar-refractivity contribution in [2.75, 3.05) is 0 Å². The van der Waals surface area contributed by atoms with E-state index in [2.05, 4.69) is 72.9 Å². The van der Waals surface area contributed by atoms with Crippen LogP contribution >= 0.6 is 45.2 Å². The third kappa shape index (κ3) is 1.20. The van der Waals surface area contributed by atoms with E-state index in [1.807, 2.05) is 0 Å². The third-order valence-corrected chi connectivity index (χ3v) is 14.1.